The lowest BCUT2D eigenvalue weighted by Gasteiger charge is -2.14. The Balaban J connectivity index is 2.86. The van der Waals surface area contributed by atoms with Gasteiger partial charge in [0.1, 0.15) is 0 Å². The molecule has 0 fully saturated rings. The Bertz CT molecular complexity index is 776. The Morgan fingerprint density at radius 1 is 1.20 bits per heavy atom. The van der Waals surface area contributed by atoms with E-state index in [2.05, 4.69) is 52.8 Å². The summed E-state index contributed by atoms with van der Waals surface area (Å²) in [7, 11) is -3.70. The van der Waals surface area contributed by atoms with Crippen molar-refractivity contribution in [2.24, 2.45) is 0 Å². The van der Waals surface area contributed by atoms with E-state index in [0.717, 1.165) is 16.6 Å². The minimum absolute atomic E-state index is 0.0330. The maximum atomic E-state index is 12.5. The average Bonchev–Trinajstić information content (AvgIpc) is 2.66. The van der Waals surface area contributed by atoms with Crippen LogP contribution in [0.2, 0.25) is 0 Å². The van der Waals surface area contributed by atoms with Crippen molar-refractivity contribution in [3.63, 3.8) is 0 Å². The normalized spacial score (nSPS) is 13.1. The van der Waals surface area contributed by atoms with Gasteiger partial charge in [0.05, 0.1) is 11.0 Å². The number of hydrogen-bond donors (Lipinski definition) is 0. The predicted molar refractivity (Wildman–Crippen MR) is 91.6 cm³/mol. The number of fused-ring (bicyclic) bond motifs is 1. The van der Waals surface area contributed by atoms with Crippen molar-refractivity contribution in [1.29, 1.82) is 0 Å². The van der Waals surface area contributed by atoms with Crippen LogP contribution in [-0.4, -0.2) is 19.4 Å². The van der Waals surface area contributed by atoms with Gasteiger partial charge in [0, 0.05) is 6.54 Å². The summed E-state index contributed by atoms with van der Waals surface area (Å²) in [6.07, 6.45) is 0. The first-order valence-corrected chi connectivity index (χ1v) is 9.74. The summed E-state index contributed by atoms with van der Waals surface area (Å²) < 4.78 is 25.4. The second kappa shape index (κ2) is 5.37. The van der Waals surface area contributed by atoms with Gasteiger partial charge in [0.2, 0.25) is 16.5 Å². The Morgan fingerprint density at radius 3 is 2.25 bits per heavy atom. The second-order valence-corrected chi connectivity index (χ2v) is 14.8. The molecule has 20 heavy (non-hydrogen) atoms. The van der Waals surface area contributed by atoms with E-state index in [4.69, 9.17) is 0 Å². The van der Waals surface area contributed by atoms with E-state index < -0.39 is 11.3 Å². The zero-order chi connectivity index (χ0) is 15.3. The number of nitrogens with zero attached hydrogens (tertiary/aromatic N) is 2. The fourth-order valence-corrected chi connectivity index (χ4v) is 4.22. The Labute approximate surface area is 143 Å². The average molecular weight is 489 g/mol. The maximum absolute atomic E-state index is 12.5. The van der Waals surface area contributed by atoms with Crippen molar-refractivity contribution >= 4 is 68.7 Å². The minimum Gasteiger partial charge on any atom is -0.315 e. The Morgan fingerprint density at radius 2 is 1.75 bits per heavy atom. The molecule has 2 aromatic rings. The third-order valence-electron chi connectivity index (χ3n) is 3.19. The van der Waals surface area contributed by atoms with E-state index in [0.29, 0.717) is 12.1 Å². The van der Waals surface area contributed by atoms with Gasteiger partial charge in [-0.05, 0) is 91.8 Å². The smallest absolute Gasteiger partial charge is 0.247 e. The van der Waals surface area contributed by atoms with Crippen molar-refractivity contribution in [2.75, 3.05) is 0 Å². The molecule has 0 amide bonds. The third kappa shape index (κ3) is 2.60. The summed E-state index contributed by atoms with van der Waals surface area (Å²) in [6, 6.07) is 3.88. The number of sulfone groups is 1. The highest BCUT2D eigenvalue weighted by Crippen LogP contribution is 2.43. The van der Waals surface area contributed by atoms with Gasteiger partial charge in [-0.1, -0.05) is 0 Å². The van der Waals surface area contributed by atoms with E-state index >= 15 is 0 Å². The maximum Gasteiger partial charge on any atom is 0.247 e. The summed E-state index contributed by atoms with van der Waals surface area (Å²) >= 11 is 9.24. The first-order chi connectivity index (χ1) is 9.09. The molecule has 0 N–H and O–H groups in total. The Hall–Kier alpha value is 0.0800. The van der Waals surface area contributed by atoms with Crippen LogP contribution in [0, 0.1) is 13.8 Å². The molecule has 0 unspecified atom stereocenters. The van der Waals surface area contributed by atoms with Crippen LogP contribution < -0.4 is 0 Å². The quantitative estimate of drug-likeness (QED) is 0.594. The Kier molecular flexibility index (Phi) is 4.42. The van der Waals surface area contributed by atoms with Gasteiger partial charge >= 0.3 is 0 Å². The van der Waals surface area contributed by atoms with Crippen LogP contribution in [-0.2, 0) is 16.4 Å². The van der Waals surface area contributed by atoms with Crippen molar-refractivity contribution in [3.8, 4) is 0 Å². The van der Waals surface area contributed by atoms with Gasteiger partial charge in [-0.15, -0.1) is 0 Å². The third-order valence-corrected chi connectivity index (χ3v) is 8.43. The lowest BCUT2D eigenvalue weighted by Crippen LogP contribution is -2.22. The van der Waals surface area contributed by atoms with Gasteiger partial charge in [-0.25, -0.2) is 13.4 Å². The van der Waals surface area contributed by atoms with Crippen LogP contribution in [0.3, 0.4) is 0 Å². The molecule has 0 atom stereocenters. The van der Waals surface area contributed by atoms with E-state index in [1.54, 1.807) is 4.57 Å². The number of benzene rings is 1. The van der Waals surface area contributed by atoms with Crippen LogP contribution in [0.1, 0.15) is 18.1 Å². The largest absolute Gasteiger partial charge is 0.315 e. The number of aryl methyl sites for hydroxylation is 3. The topological polar surface area (TPSA) is 52.0 Å². The molecule has 0 bridgehead atoms. The van der Waals surface area contributed by atoms with Crippen LogP contribution in [0.25, 0.3) is 11.0 Å². The summed E-state index contributed by atoms with van der Waals surface area (Å²) in [6.45, 7) is 6.40. The van der Waals surface area contributed by atoms with Crippen LogP contribution in [0.15, 0.2) is 17.3 Å². The predicted octanol–water partition coefficient (Wildman–Crippen LogP) is 4.24. The number of rotatable bonds is 2. The van der Waals surface area contributed by atoms with Crippen molar-refractivity contribution in [2.45, 2.75) is 33.9 Å². The molecule has 0 aliphatic carbocycles. The summed E-state index contributed by atoms with van der Waals surface area (Å²) in [4.78, 5) is 4.31. The molecule has 0 aliphatic heterocycles. The van der Waals surface area contributed by atoms with E-state index in [1.165, 1.54) is 0 Å². The second-order valence-electron chi connectivity index (χ2n) is 4.51. The zero-order valence-corrected chi connectivity index (χ0v) is 16.7. The van der Waals surface area contributed by atoms with E-state index in [1.807, 2.05) is 32.9 Å². The first-order valence-electron chi connectivity index (χ1n) is 5.88. The van der Waals surface area contributed by atoms with Crippen molar-refractivity contribution < 1.29 is 8.42 Å². The molecule has 4 nitrogen and oxygen atoms in total. The molecule has 8 heteroatoms. The van der Waals surface area contributed by atoms with Gasteiger partial charge in [-0.2, -0.15) is 0 Å². The molecule has 1 aromatic heterocycles. The molecule has 1 aromatic carbocycles. The number of halogens is 3. The molecule has 0 saturated heterocycles. The van der Waals surface area contributed by atoms with Gasteiger partial charge in [-0.3, -0.25) is 0 Å². The first kappa shape index (κ1) is 16.5. The number of aromatic nitrogens is 2. The van der Waals surface area contributed by atoms with E-state index in [9.17, 15) is 8.42 Å². The number of hydrogen-bond acceptors (Lipinski definition) is 3. The van der Waals surface area contributed by atoms with Crippen LogP contribution in [0.4, 0.5) is 0 Å². The lowest BCUT2D eigenvalue weighted by molar-refractivity contribution is 0.575. The molecule has 0 saturated carbocycles. The summed E-state index contributed by atoms with van der Waals surface area (Å²) in [5.41, 5.74) is 3.71. The number of imidazole rings is 1. The fourth-order valence-electron chi connectivity index (χ4n) is 1.97. The van der Waals surface area contributed by atoms with Crippen LogP contribution >= 0.6 is 47.8 Å². The fraction of sp³-hybridized carbons (Fsp3) is 0.417. The molecule has 0 spiro atoms. The minimum atomic E-state index is -3.70. The van der Waals surface area contributed by atoms with Gasteiger partial charge in [0.25, 0.3) is 0 Å². The zero-order valence-electron chi connectivity index (χ0n) is 11.1. The standard InChI is InChI=1S/C12H13Br3N2O2S/c1-4-17-10-6-8(3)7(2)5-9(10)16-11(17)20(18,19)12(13,14)15/h5-6H,4H2,1-3H3. The van der Waals surface area contributed by atoms with E-state index in [-0.39, 0.29) is 5.16 Å². The summed E-state index contributed by atoms with van der Waals surface area (Å²) in [5, 5.41) is 0.0330. The molecule has 0 radical (unpaired) electrons. The lowest BCUT2D eigenvalue weighted by atomic mass is 10.1. The molecule has 110 valence electrons. The number of alkyl halides is 3. The van der Waals surface area contributed by atoms with Crippen molar-refractivity contribution in [3.05, 3.63) is 23.3 Å². The summed E-state index contributed by atoms with van der Waals surface area (Å²) in [5.74, 6) is 0. The highest BCUT2D eigenvalue weighted by molar-refractivity contribution is 9.42. The monoisotopic (exact) mass is 486 g/mol. The highest BCUT2D eigenvalue weighted by Gasteiger charge is 2.41. The molecule has 1 heterocycles. The van der Waals surface area contributed by atoms with Gasteiger partial charge in [0.15, 0.2) is 0 Å². The van der Waals surface area contributed by atoms with Crippen molar-refractivity contribution in [1.82, 2.24) is 9.55 Å². The molecule has 2 rings (SSSR count). The molecular weight excluding hydrogens is 476 g/mol. The molecular formula is C12H13Br3N2O2S. The van der Waals surface area contributed by atoms with Crippen LogP contribution in [0.5, 0.6) is 0 Å². The van der Waals surface area contributed by atoms with Gasteiger partial charge < -0.3 is 4.57 Å². The highest BCUT2D eigenvalue weighted by atomic mass is 80.0. The molecule has 0 aliphatic rings. The SMILES string of the molecule is CCn1c(S(=O)(=O)C(Br)(Br)Br)nc2cc(C)c(C)cc21.